The van der Waals surface area contributed by atoms with E-state index in [-0.39, 0.29) is 0 Å². The Morgan fingerprint density at radius 3 is 1.54 bits per heavy atom. The molecule has 1 aromatic heterocycles. The largest absolute Gasteiger partial charge is 0.245 e. The fraction of sp³-hybridized carbons (Fsp3) is 0. The van der Waals surface area contributed by atoms with Crippen molar-refractivity contribution in [3.63, 3.8) is 0 Å². The van der Waals surface area contributed by atoms with Crippen LogP contribution in [-0.2, 0) is 0 Å². The van der Waals surface area contributed by atoms with Gasteiger partial charge in [0.2, 0.25) is 0 Å². The van der Waals surface area contributed by atoms with E-state index in [0.29, 0.717) is 0 Å². The first-order valence-corrected chi connectivity index (χ1v) is 13.0. The summed E-state index contributed by atoms with van der Waals surface area (Å²) in [6.45, 7) is 0. The summed E-state index contributed by atoms with van der Waals surface area (Å²) in [4.78, 5) is 10.5. The Kier molecular flexibility index (Phi) is 5.76. The molecule has 39 heavy (non-hydrogen) atoms. The predicted octanol–water partition coefficient (Wildman–Crippen LogP) is 8.27. The number of aliphatic imine (C=N–C) groups is 1. The maximum absolute atomic E-state index is 5.39. The fourth-order valence-corrected chi connectivity index (χ4v) is 5.01. The van der Waals surface area contributed by atoms with Crippen LogP contribution >= 0.6 is 0 Å². The molecule has 0 radical (unpaired) electrons. The molecular weight excluding hydrogens is 476 g/mol. The van der Waals surface area contributed by atoms with Crippen molar-refractivity contribution in [2.45, 2.75) is 0 Å². The van der Waals surface area contributed by atoms with Crippen molar-refractivity contribution < 1.29 is 0 Å². The third kappa shape index (κ3) is 4.18. The number of nitrogens with zero attached hydrogens (tertiary/aromatic N) is 4. The van der Waals surface area contributed by atoms with E-state index in [1.54, 1.807) is 0 Å². The maximum atomic E-state index is 5.39. The summed E-state index contributed by atoms with van der Waals surface area (Å²) in [5.74, 6) is 0.757. The molecule has 1 aliphatic rings. The number of benzene rings is 5. The van der Waals surface area contributed by atoms with Gasteiger partial charge in [-0.15, -0.1) is 0 Å². The standard InChI is InChI=1S/C35H24N4/c1-5-15-25(16-6-1)31-32(26-17-7-2-8-18-26)38-39-34(28-21-11-4-12-22-28)33(27-19-9-3-10-20-27)37-35(39)29-23-13-14-24-30(29)36-31/h1-24H. The van der Waals surface area contributed by atoms with Crippen molar-refractivity contribution in [2.75, 3.05) is 0 Å². The van der Waals surface area contributed by atoms with Crippen molar-refractivity contribution in [3.05, 3.63) is 157 Å². The van der Waals surface area contributed by atoms with Crippen molar-refractivity contribution in [1.29, 1.82) is 0 Å². The second kappa shape index (κ2) is 9.84. The van der Waals surface area contributed by atoms with Crippen molar-refractivity contribution >= 4 is 17.1 Å². The van der Waals surface area contributed by atoms with E-state index in [2.05, 4.69) is 72.8 Å². The van der Waals surface area contributed by atoms with Crippen molar-refractivity contribution in [3.8, 4) is 33.9 Å². The van der Waals surface area contributed by atoms with Crippen LogP contribution in [0.1, 0.15) is 11.1 Å². The van der Waals surface area contributed by atoms with Crippen LogP contribution in [0.2, 0.25) is 0 Å². The van der Waals surface area contributed by atoms with Gasteiger partial charge in [-0.05, 0) is 12.1 Å². The summed E-state index contributed by atoms with van der Waals surface area (Å²) in [5, 5.41) is 5.39. The van der Waals surface area contributed by atoms with Crippen LogP contribution in [0.4, 0.5) is 5.69 Å². The molecule has 0 bridgehead atoms. The molecule has 0 aliphatic carbocycles. The first-order valence-electron chi connectivity index (χ1n) is 13.0. The van der Waals surface area contributed by atoms with Crippen LogP contribution in [0.5, 0.6) is 0 Å². The highest BCUT2D eigenvalue weighted by atomic mass is 15.4. The van der Waals surface area contributed by atoms with Gasteiger partial charge in [0.1, 0.15) is 11.4 Å². The number of fused-ring (bicyclic) bond motifs is 3. The smallest absolute Gasteiger partial charge is 0.164 e. The molecule has 5 aromatic carbocycles. The minimum absolute atomic E-state index is 0.757. The van der Waals surface area contributed by atoms with E-state index >= 15 is 0 Å². The first kappa shape index (κ1) is 22.8. The normalized spacial score (nSPS) is 12.4. The van der Waals surface area contributed by atoms with Gasteiger partial charge < -0.3 is 0 Å². The minimum Gasteiger partial charge on any atom is -0.245 e. The quantitative estimate of drug-likeness (QED) is 0.240. The van der Waals surface area contributed by atoms with Crippen LogP contribution in [0.3, 0.4) is 0 Å². The van der Waals surface area contributed by atoms with Crippen LogP contribution < -0.4 is 0 Å². The van der Waals surface area contributed by atoms with E-state index in [9.17, 15) is 0 Å². The van der Waals surface area contributed by atoms with E-state index in [4.69, 9.17) is 15.1 Å². The summed E-state index contributed by atoms with van der Waals surface area (Å²) in [6.07, 6.45) is 0. The molecule has 4 nitrogen and oxygen atoms in total. The van der Waals surface area contributed by atoms with E-state index in [0.717, 1.165) is 62.1 Å². The molecule has 184 valence electrons. The molecule has 4 heteroatoms. The second-order valence-corrected chi connectivity index (χ2v) is 9.33. The lowest BCUT2D eigenvalue weighted by Crippen LogP contribution is -2.20. The third-order valence-corrected chi connectivity index (χ3v) is 6.84. The molecule has 0 N–H and O–H groups in total. The monoisotopic (exact) mass is 500 g/mol. The number of para-hydroxylation sites is 1. The summed E-state index contributed by atoms with van der Waals surface area (Å²) < 4.78 is 2.01. The fourth-order valence-electron chi connectivity index (χ4n) is 5.01. The van der Waals surface area contributed by atoms with Gasteiger partial charge in [0.15, 0.2) is 5.82 Å². The number of rotatable bonds is 4. The molecule has 0 atom stereocenters. The van der Waals surface area contributed by atoms with Gasteiger partial charge >= 0.3 is 0 Å². The van der Waals surface area contributed by atoms with Gasteiger partial charge in [-0.1, -0.05) is 133 Å². The van der Waals surface area contributed by atoms with Gasteiger partial charge in [-0.25, -0.2) is 14.7 Å². The van der Waals surface area contributed by atoms with Gasteiger partial charge in [0.05, 0.1) is 17.1 Å². The Labute approximate surface area is 227 Å². The molecule has 0 amide bonds. The van der Waals surface area contributed by atoms with Crippen LogP contribution in [0.15, 0.2) is 156 Å². The Balaban J connectivity index is 1.62. The lowest BCUT2D eigenvalue weighted by molar-refractivity contribution is 0.896. The van der Waals surface area contributed by atoms with Gasteiger partial charge in [-0.2, -0.15) is 5.10 Å². The summed E-state index contributed by atoms with van der Waals surface area (Å²) >= 11 is 0. The number of hydrogen-bond acceptors (Lipinski definition) is 3. The highest BCUT2D eigenvalue weighted by molar-refractivity contribution is 6.54. The Morgan fingerprint density at radius 1 is 0.436 bits per heavy atom. The van der Waals surface area contributed by atoms with E-state index < -0.39 is 0 Å². The van der Waals surface area contributed by atoms with Crippen LogP contribution in [-0.4, -0.2) is 21.1 Å². The molecule has 1 aliphatic heterocycles. The number of hydrogen-bond donors (Lipinski definition) is 0. The van der Waals surface area contributed by atoms with Crippen molar-refractivity contribution in [2.24, 2.45) is 10.1 Å². The van der Waals surface area contributed by atoms with E-state index in [1.165, 1.54) is 0 Å². The third-order valence-electron chi connectivity index (χ3n) is 6.84. The summed E-state index contributed by atoms with van der Waals surface area (Å²) in [6, 6.07) is 49.4. The lowest BCUT2D eigenvalue weighted by Gasteiger charge is -2.18. The lowest BCUT2D eigenvalue weighted by atomic mass is 9.99. The zero-order chi connectivity index (χ0) is 26.0. The molecule has 0 saturated heterocycles. The maximum Gasteiger partial charge on any atom is 0.164 e. The van der Waals surface area contributed by atoms with Crippen LogP contribution in [0, 0.1) is 0 Å². The SMILES string of the molecule is c1ccc(C2=Nc3ccccc3-c3nc(-c4ccccc4)c(-c4ccccc4)n3N=C2c2ccccc2)cc1. The van der Waals surface area contributed by atoms with Crippen molar-refractivity contribution in [1.82, 2.24) is 9.66 Å². The molecule has 7 rings (SSSR count). The Hall–Kier alpha value is -5.35. The number of aromatic nitrogens is 2. The van der Waals surface area contributed by atoms with Gasteiger partial charge in [0, 0.05) is 27.8 Å². The highest BCUT2D eigenvalue weighted by Gasteiger charge is 2.26. The minimum atomic E-state index is 0.757. The molecule has 0 unspecified atom stereocenters. The molecule has 0 spiro atoms. The topological polar surface area (TPSA) is 42.5 Å². The van der Waals surface area contributed by atoms with Gasteiger partial charge in [-0.3, -0.25) is 0 Å². The first-order chi connectivity index (χ1) is 19.4. The zero-order valence-electron chi connectivity index (χ0n) is 21.1. The highest BCUT2D eigenvalue weighted by Crippen LogP contribution is 2.40. The Morgan fingerprint density at radius 2 is 0.923 bits per heavy atom. The summed E-state index contributed by atoms with van der Waals surface area (Å²) in [5.41, 5.74) is 9.27. The molecule has 2 heterocycles. The average molecular weight is 501 g/mol. The van der Waals surface area contributed by atoms with Gasteiger partial charge in [0.25, 0.3) is 0 Å². The number of imidazole rings is 1. The predicted molar refractivity (Wildman–Crippen MR) is 160 cm³/mol. The zero-order valence-corrected chi connectivity index (χ0v) is 21.1. The molecular formula is C35H24N4. The molecule has 0 fully saturated rings. The summed E-state index contributed by atoms with van der Waals surface area (Å²) in [7, 11) is 0. The second-order valence-electron chi connectivity index (χ2n) is 9.33. The molecule has 0 saturated carbocycles. The average Bonchev–Trinajstić information content (AvgIpc) is 3.38. The molecule has 6 aromatic rings. The Bertz CT molecular complexity index is 1820. The van der Waals surface area contributed by atoms with E-state index in [1.807, 2.05) is 77.5 Å². The van der Waals surface area contributed by atoms with Crippen LogP contribution in [0.25, 0.3) is 33.9 Å².